The molecule has 0 saturated carbocycles. The highest BCUT2D eigenvalue weighted by atomic mass is 16.4. The standard InChI is InChI=1S/C19H25NO2/c1-14-7-10-18(22-14)19(2,21)13-20-12-15-8-9-16-5-3-4-6-17(16)11-15/h7-11,20-21H,3-6,12-13H2,1-2H3. The van der Waals surface area contributed by atoms with Crippen molar-refractivity contribution in [3.63, 3.8) is 0 Å². The van der Waals surface area contributed by atoms with Crippen LogP contribution in [0.5, 0.6) is 0 Å². The summed E-state index contributed by atoms with van der Waals surface area (Å²) in [5.74, 6) is 1.44. The third-order valence-corrected chi connectivity index (χ3v) is 4.48. The summed E-state index contributed by atoms with van der Waals surface area (Å²) in [5, 5.41) is 13.9. The van der Waals surface area contributed by atoms with Crippen LogP contribution in [-0.2, 0) is 25.0 Å². The fraction of sp³-hybridized carbons (Fsp3) is 0.474. The molecule has 1 aromatic carbocycles. The Morgan fingerprint density at radius 2 is 1.91 bits per heavy atom. The fourth-order valence-corrected chi connectivity index (χ4v) is 3.16. The van der Waals surface area contributed by atoms with Crippen LogP contribution in [0.25, 0.3) is 0 Å². The number of hydrogen-bond donors (Lipinski definition) is 2. The molecular formula is C19H25NO2. The van der Waals surface area contributed by atoms with Crippen LogP contribution in [-0.4, -0.2) is 11.7 Å². The first-order chi connectivity index (χ1) is 10.5. The predicted molar refractivity (Wildman–Crippen MR) is 87.8 cm³/mol. The summed E-state index contributed by atoms with van der Waals surface area (Å²) >= 11 is 0. The van der Waals surface area contributed by atoms with E-state index < -0.39 is 5.60 Å². The first-order valence-corrected chi connectivity index (χ1v) is 8.15. The van der Waals surface area contributed by atoms with E-state index in [1.54, 1.807) is 6.92 Å². The lowest BCUT2D eigenvalue weighted by Crippen LogP contribution is -2.34. The summed E-state index contributed by atoms with van der Waals surface area (Å²) < 4.78 is 5.54. The van der Waals surface area contributed by atoms with Crippen molar-refractivity contribution >= 4 is 0 Å². The van der Waals surface area contributed by atoms with Crippen LogP contribution in [0.4, 0.5) is 0 Å². The number of rotatable bonds is 5. The average Bonchev–Trinajstić information content (AvgIpc) is 2.94. The molecule has 3 nitrogen and oxygen atoms in total. The highest BCUT2D eigenvalue weighted by Gasteiger charge is 2.26. The molecule has 0 aliphatic heterocycles. The minimum absolute atomic E-state index is 0.469. The van der Waals surface area contributed by atoms with Crippen LogP contribution in [0.3, 0.4) is 0 Å². The molecule has 2 aromatic rings. The SMILES string of the molecule is Cc1ccc(C(C)(O)CNCc2ccc3c(c2)CCCC3)o1. The number of aryl methyl sites for hydroxylation is 3. The molecule has 2 N–H and O–H groups in total. The summed E-state index contributed by atoms with van der Waals surface area (Å²) in [6.07, 6.45) is 5.04. The van der Waals surface area contributed by atoms with E-state index in [0.717, 1.165) is 12.3 Å². The third-order valence-electron chi connectivity index (χ3n) is 4.48. The zero-order valence-corrected chi connectivity index (χ0v) is 13.5. The largest absolute Gasteiger partial charge is 0.463 e. The van der Waals surface area contributed by atoms with Gasteiger partial charge in [0, 0.05) is 13.1 Å². The van der Waals surface area contributed by atoms with Crippen LogP contribution in [0.1, 0.15) is 48.0 Å². The molecule has 0 fully saturated rings. The Labute approximate surface area is 132 Å². The molecule has 3 heteroatoms. The Balaban J connectivity index is 1.58. The maximum Gasteiger partial charge on any atom is 0.136 e. The lowest BCUT2D eigenvalue weighted by atomic mass is 9.90. The molecule has 0 spiro atoms. The van der Waals surface area contributed by atoms with Crippen molar-refractivity contribution in [2.45, 2.75) is 51.7 Å². The van der Waals surface area contributed by atoms with Gasteiger partial charge >= 0.3 is 0 Å². The average molecular weight is 299 g/mol. The Morgan fingerprint density at radius 1 is 1.14 bits per heavy atom. The zero-order valence-electron chi connectivity index (χ0n) is 13.5. The molecule has 1 atom stereocenters. The number of hydrogen-bond acceptors (Lipinski definition) is 3. The normalized spacial score (nSPS) is 17.0. The Kier molecular flexibility index (Phi) is 4.37. The van der Waals surface area contributed by atoms with Gasteiger partial charge in [-0.2, -0.15) is 0 Å². The van der Waals surface area contributed by atoms with E-state index in [-0.39, 0.29) is 0 Å². The van der Waals surface area contributed by atoms with E-state index in [4.69, 9.17) is 4.42 Å². The third kappa shape index (κ3) is 3.42. The van der Waals surface area contributed by atoms with Gasteiger partial charge in [-0.15, -0.1) is 0 Å². The zero-order chi connectivity index (χ0) is 15.6. The van der Waals surface area contributed by atoms with Gasteiger partial charge in [-0.25, -0.2) is 0 Å². The van der Waals surface area contributed by atoms with Crippen molar-refractivity contribution in [2.24, 2.45) is 0 Å². The van der Waals surface area contributed by atoms with Gasteiger partial charge in [-0.1, -0.05) is 18.2 Å². The summed E-state index contributed by atoms with van der Waals surface area (Å²) in [6, 6.07) is 10.5. The van der Waals surface area contributed by atoms with Crippen molar-refractivity contribution in [2.75, 3.05) is 6.54 Å². The second-order valence-corrected chi connectivity index (χ2v) is 6.60. The van der Waals surface area contributed by atoms with Crippen LogP contribution in [0.15, 0.2) is 34.7 Å². The number of benzene rings is 1. The first kappa shape index (κ1) is 15.3. The molecule has 0 saturated heterocycles. The van der Waals surface area contributed by atoms with Gasteiger partial charge < -0.3 is 14.8 Å². The monoisotopic (exact) mass is 299 g/mol. The molecule has 118 valence electrons. The highest BCUT2D eigenvalue weighted by Crippen LogP contribution is 2.23. The van der Waals surface area contributed by atoms with Gasteiger partial charge in [-0.3, -0.25) is 0 Å². The lowest BCUT2D eigenvalue weighted by molar-refractivity contribution is 0.0333. The van der Waals surface area contributed by atoms with Crippen LogP contribution >= 0.6 is 0 Å². The maximum atomic E-state index is 10.5. The van der Waals surface area contributed by atoms with Crippen molar-refractivity contribution in [1.82, 2.24) is 5.32 Å². The van der Waals surface area contributed by atoms with Crippen molar-refractivity contribution in [3.05, 3.63) is 58.5 Å². The minimum atomic E-state index is -0.984. The smallest absolute Gasteiger partial charge is 0.136 e. The molecule has 1 aliphatic rings. The van der Waals surface area contributed by atoms with Crippen molar-refractivity contribution in [3.8, 4) is 0 Å². The van der Waals surface area contributed by atoms with Crippen molar-refractivity contribution in [1.29, 1.82) is 0 Å². The molecule has 1 aromatic heterocycles. The van der Waals surface area contributed by atoms with E-state index in [2.05, 4.69) is 23.5 Å². The number of nitrogens with one attached hydrogen (secondary N) is 1. The van der Waals surface area contributed by atoms with Gasteiger partial charge in [0.2, 0.25) is 0 Å². The van der Waals surface area contributed by atoms with E-state index in [1.807, 2.05) is 19.1 Å². The molecule has 3 rings (SSSR count). The van der Waals surface area contributed by atoms with Crippen LogP contribution in [0, 0.1) is 6.92 Å². The molecule has 0 bridgehead atoms. The van der Waals surface area contributed by atoms with Crippen LogP contribution < -0.4 is 5.32 Å². The van der Waals surface area contributed by atoms with Gasteiger partial charge in [0.25, 0.3) is 0 Å². The molecule has 0 radical (unpaired) electrons. The minimum Gasteiger partial charge on any atom is -0.463 e. The summed E-state index contributed by atoms with van der Waals surface area (Å²) in [5.41, 5.74) is 3.31. The summed E-state index contributed by atoms with van der Waals surface area (Å²) in [4.78, 5) is 0. The molecule has 1 heterocycles. The Bertz CT molecular complexity index is 643. The van der Waals surface area contributed by atoms with E-state index in [9.17, 15) is 5.11 Å². The Morgan fingerprint density at radius 3 is 2.64 bits per heavy atom. The van der Waals surface area contributed by atoms with Gasteiger partial charge in [0.15, 0.2) is 0 Å². The summed E-state index contributed by atoms with van der Waals surface area (Å²) in [6.45, 7) is 4.91. The van der Waals surface area contributed by atoms with E-state index in [0.29, 0.717) is 12.3 Å². The van der Waals surface area contributed by atoms with E-state index >= 15 is 0 Å². The molecule has 0 amide bonds. The van der Waals surface area contributed by atoms with Gasteiger partial charge in [-0.05, 0) is 68.4 Å². The van der Waals surface area contributed by atoms with Crippen molar-refractivity contribution < 1.29 is 9.52 Å². The number of furan rings is 1. The predicted octanol–water partition coefficient (Wildman–Crippen LogP) is 3.46. The van der Waals surface area contributed by atoms with Gasteiger partial charge in [0.1, 0.15) is 17.1 Å². The molecular weight excluding hydrogens is 274 g/mol. The molecule has 22 heavy (non-hydrogen) atoms. The maximum absolute atomic E-state index is 10.5. The van der Waals surface area contributed by atoms with Crippen LogP contribution in [0.2, 0.25) is 0 Å². The number of aliphatic hydroxyl groups is 1. The fourth-order valence-electron chi connectivity index (χ4n) is 3.16. The second-order valence-electron chi connectivity index (χ2n) is 6.60. The Hall–Kier alpha value is -1.58. The molecule has 1 aliphatic carbocycles. The molecule has 1 unspecified atom stereocenters. The van der Waals surface area contributed by atoms with Gasteiger partial charge in [0.05, 0.1) is 0 Å². The topological polar surface area (TPSA) is 45.4 Å². The lowest BCUT2D eigenvalue weighted by Gasteiger charge is -2.22. The second kappa shape index (κ2) is 6.27. The first-order valence-electron chi connectivity index (χ1n) is 8.15. The number of fused-ring (bicyclic) bond motifs is 1. The highest BCUT2D eigenvalue weighted by molar-refractivity contribution is 5.33. The van der Waals surface area contributed by atoms with E-state index in [1.165, 1.54) is 42.4 Å². The summed E-state index contributed by atoms with van der Waals surface area (Å²) in [7, 11) is 0. The quantitative estimate of drug-likeness (QED) is 0.888.